The highest BCUT2D eigenvalue weighted by atomic mass is 35.5. The number of rotatable bonds is 10. The fourth-order valence-electron chi connectivity index (χ4n) is 3.30. The minimum atomic E-state index is -0.313. The van der Waals surface area contributed by atoms with Crippen LogP contribution in [0.2, 0.25) is 5.02 Å². The lowest BCUT2D eigenvalue weighted by atomic mass is 10.1. The van der Waals surface area contributed by atoms with Crippen LogP contribution in [0.3, 0.4) is 0 Å². The number of hydrogen-bond donors (Lipinski definition) is 1. The van der Waals surface area contributed by atoms with E-state index >= 15 is 0 Å². The van der Waals surface area contributed by atoms with Gasteiger partial charge in [0.25, 0.3) is 11.8 Å². The van der Waals surface area contributed by atoms with E-state index in [9.17, 15) is 9.59 Å². The van der Waals surface area contributed by atoms with Gasteiger partial charge in [-0.3, -0.25) is 14.5 Å². The number of aryl methyl sites for hydroxylation is 1. The van der Waals surface area contributed by atoms with Crippen molar-refractivity contribution in [2.45, 2.75) is 33.6 Å². The lowest BCUT2D eigenvalue weighted by Crippen LogP contribution is -2.28. The Morgan fingerprint density at radius 3 is 2.56 bits per heavy atom. The van der Waals surface area contributed by atoms with E-state index in [-0.39, 0.29) is 29.2 Å². The van der Waals surface area contributed by atoms with E-state index in [4.69, 9.17) is 33.3 Å². The molecule has 1 heterocycles. The SMILES string of the molecule is CCCN1C(=O)/C(=C/c2cc(Cl)c(OCC(=O)Nc3ccc(CC)cc3)c(OCC)c2)SC1=S. The fraction of sp³-hybridized carbons (Fsp3) is 0.320. The summed E-state index contributed by atoms with van der Waals surface area (Å²) in [5.74, 6) is 0.238. The molecule has 2 aromatic rings. The van der Waals surface area contributed by atoms with Gasteiger partial charge in [0.1, 0.15) is 4.32 Å². The molecule has 0 aliphatic carbocycles. The van der Waals surface area contributed by atoms with Crippen LogP contribution in [0.4, 0.5) is 5.69 Å². The normalized spacial score (nSPS) is 14.6. The lowest BCUT2D eigenvalue weighted by molar-refractivity contribution is -0.122. The molecule has 0 bridgehead atoms. The van der Waals surface area contributed by atoms with Crippen molar-refractivity contribution in [2.75, 3.05) is 25.1 Å². The van der Waals surface area contributed by atoms with Gasteiger partial charge in [-0.15, -0.1) is 0 Å². The number of nitrogens with one attached hydrogen (secondary N) is 1. The van der Waals surface area contributed by atoms with Crippen LogP contribution < -0.4 is 14.8 Å². The predicted octanol–water partition coefficient (Wildman–Crippen LogP) is 5.93. The quantitative estimate of drug-likeness (QED) is 0.310. The van der Waals surface area contributed by atoms with E-state index in [1.54, 1.807) is 23.1 Å². The fourth-order valence-corrected chi connectivity index (χ4v) is 4.88. The number of anilines is 1. The topological polar surface area (TPSA) is 67.9 Å². The molecule has 1 fully saturated rings. The van der Waals surface area contributed by atoms with Crippen LogP contribution in [-0.4, -0.2) is 40.8 Å². The van der Waals surface area contributed by atoms with Crippen LogP contribution in [0.25, 0.3) is 6.08 Å². The first kappa shape index (κ1) is 26.1. The Kier molecular flexibility index (Phi) is 9.38. The Morgan fingerprint density at radius 2 is 1.91 bits per heavy atom. The van der Waals surface area contributed by atoms with E-state index in [1.165, 1.54) is 17.3 Å². The van der Waals surface area contributed by atoms with E-state index < -0.39 is 0 Å². The van der Waals surface area contributed by atoms with Gasteiger partial charge in [0, 0.05) is 12.2 Å². The van der Waals surface area contributed by atoms with Crippen molar-refractivity contribution in [1.29, 1.82) is 0 Å². The van der Waals surface area contributed by atoms with Gasteiger partial charge in [0.15, 0.2) is 18.1 Å². The average molecular weight is 519 g/mol. The number of benzene rings is 2. The summed E-state index contributed by atoms with van der Waals surface area (Å²) in [5.41, 5.74) is 2.56. The molecular weight excluding hydrogens is 492 g/mol. The summed E-state index contributed by atoms with van der Waals surface area (Å²) < 4.78 is 12.0. The number of thioether (sulfide) groups is 1. The number of nitrogens with zero attached hydrogens (tertiary/aromatic N) is 1. The predicted molar refractivity (Wildman–Crippen MR) is 143 cm³/mol. The van der Waals surface area contributed by atoms with Gasteiger partial charge < -0.3 is 14.8 Å². The Labute approximate surface area is 214 Å². The van der Waals surface area contributed by atoms with E-state index in [0.717, 1.165) is 12.8 Å². The third-order valence-electron chi connectivity index (χ3n) is 4.94. The zero-order chi connectivity index (χ0) is 24.7. The maximum absolute atomic E-state index is 12.7. The molecule has 0 saturated carbocycles. The Morgan fingerprint density at radius 1 is 1.18 bits per heavy atom. The molecule has 180 valence electrons. The largest absolute Gasteiger partial charge is 0.490 e. The number of hydrogen-bond acceptors (Lipinski definition) is 6. The molecule has 0 atom stereocenters. The highest BCUT2D eigenvalue weighted by molar-refractivity contribution is 8.26. The van der Waals surface area contributed by atoms with Crippen molar-refractivity contribution in [1.82, 2.24) is 4.90 Å². The molecule has 3 rings (SSSR count). The van der Waals surface area contributed by atoms with Gasteiger partial charge in [-0.05, 0) is 61.2 Å². The van der Waals surface area contributed by atoms with Gasteiger partial charge in [0.05, 0.1) is 16.5 Å². The number of amides is 2. The van der Waals surface area contributed by atoms with E-state index in [0.29, 0.717) is 39.4 Å². The molecule has 0 radical (unpaired) electrons. The molecule has 2 amide bonds. The molecule has 0 unspecified atom stereocenters. The highest BCUT2D eigenvalue weighted by Crippen LogP contribution is 2.39. The molecule has 0 aromatic heterocycles. The monoisotopic (exact) mass is 518 g/mol. The van der Waals surface area contributed by atoms with E-state index in [1.807, 2.05) is 38.1 Å². The van der Waals surface area contributed by atoms with Crippen LogP contribution in [0, 0.1) is 0 Å². The van der Waals surface area contributed by atoms with Crippen LogP contribution in [0.1, 0.15) is 38.3 Å². The number of ether oxygens (including phenoxy) is 2. The summed E-state index contributed by atoms with van der Waals surface area (Å²) >= 11 is 13.1. The Hall–Kier alpha value is -2.55. The molecule has 0 spiro atoms. The van der Waals surface area contributed by atoms with Crippen LogP contribution >= 0.6 is 35.6 Å². The van der Waals surface area contributed by atoms with Crippen molar-refractivity contribution in [3.8, 4) is 11.5 Å². The third kappa shape index (κ3) is 6.52. The third-order valence-corrected chi connectivity index (χ3v) is 6.60. The maximum Gasteiger partial charge on any atom is 0.266 e. The molecule has 6 nitrogen and oxygen atoms in total. The summed E-state index contributed by atoms with van der Waals surface area (Å²) in [6, 6.07) is 11.1. The van der Waals surface area contributed by atoms with Crippen molar-refractivity contribution in [2.24, 2.45) is 0 Å². The van der Waals surface area contributed by atoms with Crippen molar-refractivity contribution >= 4 is 63.5 Å². The van der Waals surface area contributed by atoms with Gasteiger partial charge in [-0.25, -0.2) is 0 Å². The second kappa shape index (κ2) is 12.2. The second-order valence-electron chi connectivity index (χ2n) is 7.48. The second-order valence-corrected chi connectivity index (χ2v) is 9.57. The first-order valence-corrected chi connectivity index (χ1v) is 12.7. The minimum absolute atomic E-state index is 0.116. The molecule has 1 aliphatic heterocycles. The molecule has 1 N–H and O–H groups in total. The number of halogens is 1. The number of thiocarbonyl (C=S) groups is 1. The highest BCUT2D eigenvalue weighted by Gasteiger charge is 2.31. The lowest BCUT2D eigenvalue weighted by Gasteiger charge is -2.15. The molecule has 1 aliphatic rings. The van der Waals surface area contributed by atoms with Crippen LogP contribution in [0.5, 0.6) is 11.5 Å². The van der Waals surface area contributed by atoms with Gasteiger partial charge >= 0.3 is 0 Å². The Balaban J connectivity index is 1.74. The summed E-state index contributed by atoms with van der Waals surface area (Å²) in [6.07, 6.45) is 3.49. The van der Waals surface area contributed by atoms with Crippen molar-refractivity contribution in [3.63, 3.8) is 0 Å². The van der Waals surface area contributed by atoms with Gasteiger partial charge in [-0.1, -0.05) is 61.6 Å². The first-order chi connectivity index (χ1) is 16.4. The van der Waals surface area contributed by atoms with Crippen molar-refractivity contribution in [3.05, 3.63) is 57.5 Å². The van der Waals surface area contributed by atoms with Crippen molar-refractivity contribution < 1.29 is 19.1 Å². The molecule has 34 heavy (non-hydrogen) atoms. The summed E-state index contributed by atoms with van der Waals surface area (Å²) in [5, 5.41) is 3.08. The smallest absolute Gasteiger partial charge is 0.266 e. The standard InChI is InChI=1S/C25H27ClN2O4S2/c1-4-11-28-24(30)21(34-25(28)33)14-17-12-19(26)23(20(13-17)31-6-3)32-15-22(29)27-18-9-7-16(5-2)8-10-18/h7-10,12-14H,4-6,11,15H2,1-3H3,(H,27,29)/b21-14-. The van der Waals surface area contributed by atoms with Gasteiger partial charge in [0.2, 0.25) is 0 Å². The zero-order valence-corrected chi connectivity index (χ0v) is 21.7. The summed E-state index contributed by atoms with van der Waals surface area (Å²) in [7, 11) is 0. The molecular formula is C25H27ClN2O4S2. The zero-order valence-electron chi connectivity index (χ0n) is 19.4. The number of carbonyl (C=O) groups is 2. The molecule has 2 aromatic carbocycles. The van der Waals surface area contributed by atoms with Gasteiger partial charge in [-0.2, -0.15) is 0 Å². The summed E-state index contributed by atoms with van der Waals surface area (Å²) in [4.78, 5) is 27.2. The Bertz CT molecular complexity index is 1100. The van der Waals surface area contributed by atoms with E-state index in [2.05, 4.69) is 12.2 Å². The number of carbonyl (C=O) groups excluding carboxylic acids is 2. The van der Waals surface area contributed by atoms with Crippen LogP contribution in [-0.2, 0) is 16.0 Å². The minimum Gasteiger partial charge on any atom is -0.490 e. The molecule has 1 saturated heterocycles. The average Bonchev–Trinajstić information content (AvgIpc) is 3.07. The summed E-state index contributed by atoms with van der Waals surface area (Å²) in [6.45, 7) is 6.65. The van der Waals surface area contributed by atoms with Crippen LogP contribution in [0.15, 0.2) is 41.3 Å². The first-order valence-electron chi connectivity index (χ1n) is 11.1. The molecule has 9 heteroatoms. The maximum atomic E-state index is 12.7.